The highest BCUT2D eigenvalue weighted by Crippen LogP contribution is 2.18. The highest BCUT2D eigenvalue weighted by atomic mass is 16.5. The number of hydrogen-bond donors (Lipinski definition) is 2. The Labute approximate surface area is 167 Å². The predicted octanol–water partition coefficient (Wildman–Crippen LogP) is 2.52. The van der Waals surface area contributed by atoms with Crippen molar-refractivity contribution < 1.29 is 19.1 Å². The molecule has 1 atom stereocenters. The highest BCUT2D eigenvalue weighted by molar-refractivity contribution is 5.94. The summed E-state index contributed by atoms with van der Waals surface area (Å²) in [6, 6.07) is 5.48. The Hall–Kier alpha value is -2.54. The number of carbonyl (C=O) groups is 2. The number of hydrogen-bond acceptors (Lipinski definition) is 5. The molecular weight excluding hydrogens is 358 g/mol. The Morgan fingerprint density at radius 2 is 1.86 bits per heavy atom. The van der Waals surface area contributed by atoms with Gasteiger partial charge in [0.2, 0.25) is 0 Å². The predicted molar refractivity (Wildman–Crippen MR) is 108 cm³/mol. The number of likely N-dealkylation sites (N-methyl/N-ethyl adjacent to an activating group) is 1. The molecule has 7 nitrogen and oxygen atoms in total. The molecule has 0 aromatic heterocycles. The van der Waals surface area contributed by atoms with Gasteiger partial charge in [-0.25, -0.2) is 9.59 Å². The van der Waals surface area contributed by atoms with E-state index in [-0.39, 0.29) is 12.1 Å². The molecule has 0 saturated heterocycles. The fraction of sp³-hybridized carbons (Fsp3) is 0.524. The fourth-order valence-corrected chi connectivity index (χ4v) is 3.27. The van der Waals surface area contributed by atoms with Crippen LogP contribution in [-0.4, -0.2) is 56.3 Å². The SMILES string of the molecule is CCOC(=O)C1=C(CN(C)CCOc2cc(C)cc(C)c2)NC(=O)NC1CC. The standard InChI is InChI=1S/C21H31N3O4/c1-6-17-19(20(25)27-7-2)18(23-21(26)22-17)13-24(5)8-9-28-16-11-14(3)10-15(4)12-16/h10-12,17H,6-9,13H2,1-5H3,(H2,22,23,26). The summed E-state index contributed by atoms with van der Waals surface area (Å²) in [7, 11) is 1.93. The molecule has 0 bridgehead atoms. The molecule has 1 aromatic rings. The van der Waals surface area contributed by atoms with E-state index in [1.807, 2.05) is 44.9 Å². The summed E-state index contributed by atoms with van der Waals surface area (Å²) >= 11 is 0. The quantitative estimate of drug-likeness (QED) is 0.635. The van der Waals surface area contributed by atoms with E-state index >= 15 is 0 Å². The molecule has 7 heteroatoms. The molecule has 2 amide bonds. The van der Waals surface area contributed by atoms with Crippen LogP contribution in [0.15, 0.2) is 29.5 Å². The first-order valence-corrected chi connectivity index (χ1v) is 9.71. The van der Waals surface area contributed by atoms with Gasteiger partial charge in [0.05, 0.1) is 18.2 Å². The third kappa shape index (κ3) is 5.99. The highest BCUT2D eigenvalue weighted by Gasteiger charge is 2.31. The monoisotopic (exact) mass is 389 g/mol. The lowest BCUT2D eigenvalue weighted by molar-refractivity contribution is -0.139. The van der Waals surface area contributed by atoms with Crippen molar-refractivity contribution in [3.05, 3.63) is 40.6 Å². The average molecular weight is 389 g/mol. The van der Waals surface area contributed by atoms with Crippen LogP contribution in [0.1, 0.15) is 31.4 Å². The molecule has 1 aliphatic rings. The summed E-state index contributed by atoms with van der Waals surface area (Å²) in [6.07, 6.45) is 0.616. The van der Waals surface area contributed by atoms with Crippen LogP contribution in [0.25, 0.3) is 0 Å². The first-order valence-electron chi connectivity index (χ1n) is 9.71. The van der Waals surface area contributed by atoms with Crippen LogP contribution in [0, 0.1) is 13.8 Å². The molecule has 2 rings (SSSR count). The van der Waals surface area contributed by atoms with Crippen molar-refractivity contribution in [1.82, 2.24) is 15.5 Å². The summed E-state index contributed by atoms with van der Waals surface area (Å²) in [4.78, 5) is 26.4. The number of amides is 2. The van der Waals surface area contributed by atoms with E-state index in [1.165, 1.54) is 0 Å². The second-order valence-electron chi connectivity index (χ2n) is 7.08. The summed E-state index contributed by atoms with van der Waals surface area (Å²) in [5.41, 5.74) is 3.40. The van der Waals surface area contributed by atoms with Crippen LogP contribution in [0.2, 0.25) is 0 Å². The molecular formula is C21H31N3O4. The molecule has 2 N–H and O–H groups in total. The molecule has 1 heterocycles. The van der Waals surface area contributed by atoms with Gasteiger partial charge >= 0.3 is 12.0 Å². The molecule has 0 aliphatic carbocycles. The number of ether oxygens (including phenoxy) is 2. The first kappa shape index (κ1) is 21.8. The van der Waals surface area contributed by atoms with Gasteiger partial charge in [-0.3, -0.25) is 4.90 Å². The Balaban J connectivity index is 2.02. The zero-order chi connectivity index (χ0) is 20.7. The van der Waals surface area contributed by atoms with Crippen LogP contribution in [0.3, 0.4) is 0 Å². The third-order valence-electron chi connectivity index (χ3n) is 4.51. The number of esters is 1. The van der Waals surface area contributed by atoms with E-state index in [1.54, 1.807) is 6.92 Å². The molecule has 0 fully saturated rings. The van der Waals surface area contributed by atoms with Gasteiger partial charge in [0.25, 0.3) is 0 Å². The van der Waals surface area contributed by atoms with Gasteiger partial charge in [0.1, 0.15) is 12.4 Å². The zero-order valence-corrected chi connectivity index (χ0v) is 17.4. The molecule has 154 valence electrons. The Bertz CT molecular complexity index is 725. The van der Waals surface area contributed by atoms with Crippen LogP contribution in [0.4, 0.5) is 4.79 Å². The Morgan fingerprint density at radius 1 is 1.18 bits per heavy atom. The molecule has 1 aliphatic heterocycles. The molecule has 0 saturated carbocycles. The van der Waals surface area contributed by atoms with Gasteiger partial charge < -0.3 is 20.1 Å². The van der Waals surface area contributed by atoms with E-state index in [9.17, 15) is 9.59 Å². The van der Waals surface area contributed by atoms with E-state index in [4.69, 9.17) is 9.47 Å². The largest absolute Gasteiger partial charge is 0.492 e. The van der Waals surface area contributed by atoms with E-state index in [0.717, 1.165) is 16.9 Å². The topological polar surface area (TPSA) is 79.9 Å². The van der Waals surface area contributed by atoms with Crippen LogP contribution < -0.4 is 15.4 Å². The van der Waals surface area contributed by atoms with E-state index < -0.39 is 5.97 Å². The molecule has 1 aromatic carbocycles. The summed E-state index contributed by atoms with van der Waals surface area (Å²) in [5, 5.41) is 5.55. The minimum Gasteiger partial charge on any atom is -0.492 e. The smallest absolute Gasteiger partial charge is 0.337 e. The van der Waals surface area contributed by atoms with Gasteiger partial charge in [0.15, 0.2) is 0 Å². The maximum Gasteiger partial charge on any atom is 0.337 e. The molecule has 28 heavy (non-hydrogen) atoms. The lowest BCUT2D eigenvalue weighted by Gasteiger charge is -2.30. The van der Waals surface area contributed by atoms with Gasteiger partial charge in [-0.15, -0.1) is 0 Å². The molecule has 1 unspecified atom stereocenters. The number of aryl methyl sites for hydroxylation is 2. The Kier molecular flexibility index (Phi) is 7.87. The van der Waals surface area contributed by atoms with Crippen LogP contribution in [0.5, 0.6) is 5.75 Å². The van der Waals surface area contributed by atoms with Crippen molar-refractivity contribution in [2.24, 2.45) is 0 Å². The summed E-state index contributed by atoms with van der Waals surface area (Å²) in [6.45, 7) is 9.64. The molecule has 0 spiro atoms. The van der Waals surface area contributed by atoms with Crippen molar-refractivity contribution >= 4 is 12.0 Å². The van der Waals surface area contributed by atoms with Crippen molar-refractivity contribution in [3.8, 4) is 5.75 Å². The summed E-state index contributed by atoms with van der Waals surface area (Å²) < 4.78 is 11.0. The fourth-order valence-electron chi connectivity index (χ4n) is 3.27. The van der Waals surface area contributed by atoms with Gasteiger partial charge in [-0.1, -0.05) is 13.0 Å². The normalized spacial score (nSPS) is 16.6. The van der Waals surface area contributed by atoms with Crippen molar-refractivity contribution in [1.29, 1.82) is 0 Å². The number of carbonyl (C=O) groups excluding carboxylic acids is 2. The number of nitrogens with one attached hydrogen (secondary N) is 2. The minimum absolute atomic E-state index is 0.291. The van der Waals surface area contributed by atoms with Gasteiger partial charge in [0, 0.05) is 18.8 Å². The summed E-state index contributed by atoms with van der Waals surface area (Å²) in [5.74, 6) is 0.454. The molecule has 0 radical (unpaired) electrons. The van der Waals surface area contributed by atoms with Crippen molar-refractivity contribution in [3.63, 3.8) is 0 Å². The van der Waals surface area contributed by atoms with Crippen molar-refractivity contribution in [2.75, 3.05) is 33.4 Å². The van der Waals surface area contributed by atoms with Gasteiger partial charge in [-0.05, 0) is 57.5 Å². The van der Waals surface area contributed by atoms with Crippen LogP contribution >= 0.6 is 0 Å². The Morgan fingerprint density at radius 3 is 2.46 bits per heavy atom. The second kappa shape index (κ2) is 10.1. The number of urea groups is 1. The zero-order valence-electron chi connectivity index (χ0n) is 17.4. The number of benzene rings is 1. The average Bonchev–Trinajstić information content (AvgIpc) is 2.60. The number of nitrogens with zero attached hydrogens (tertiary/aromatic N) is 1. The first-order chi connectivity index (χ1) is 13.3. The second-order valence-corrected chi connectivity index (χ2v) is 7.08. The minimum atomic E-state index is -0.392. The number of rotatable bonds is 9. The lowest BCUT2D eigenvalue weighted by Crippen LogP contribution is -2.52. The van der Waals surface area contributed by atoms with E-state index in [0.29, 0.717) is 44.0 Å². The van der Waals surface area contributed by atoms with Crippen LogP contribution in [-0.2, 0) is 9.53 Å². The van der Waals surface area contributed by atoms with Gasteiger partial charge in [-0.2, -0.15) is 0 Å². The lowest BCUT2D eigenvalue weighted by atomic mass is 10.00. The van der Waals surface area contributed by atoms with Crippen molar-refractivity contribution in [2.45, 2.75) is 40.2 Å². The van der Waals surface area contributed by atoms with E-state index in [2.05, 4.69) is 16.7 Å². The maximum absolute atomic E-state index is 12.4. The maximum atomic E-state index is 12.4. The third-order valence-corrected chi connectivity index (χ3v) is 4.51.